The van der Waals surface area contributed by atoms with Crippen LogP contribution in [0.25, 0.3) is 10.9 Å². The van der Waals surface area contributed by atoms with Gasteiger partial charge in [0.2, 0.25) is 0 Å². The normalized spacial score (nSPS) is 11.6. The van der Waals surface area contributed by atoms with Crippen molar-refractivity contribution in [3.05, 3.63) is 35.8 Å². The monoisotopic (exact) mass is 234 g/mol. The minimum absolute atomic E-state index is 0.138. The van der Waals surface area contributed by atoms with Gasteiger partial charge in [-0.1, -0.05) is 19.9 Å². The van der Waals surface area contributed by atoms with Gasteiger partial charge in [0.15, 0.2) is 0 Å². The molecule has 17 heavy (non-hydrogen) atoms. The summed E-state index contributed by atoms with van der Waals surface area (Å²) in [6, 6.07) is 7.64. The summed E-state index contributed by atoms with van der Waals surface area (Å²) in [6.07, 6.45) is 0. The summed E-state index contributed by atoms with van der Waals surface area (Å²) in [5.41, 5.74) is 2.12. The van der Waals surface area contributed by atoms with Gasteiger partial charge in [0.1, 0.15) is 5.82 Å². The van der Waals surface area contributed by atoms with Gasteiger partial charge in [-0.3, -0.25) is 0 Å². The molecular formula is C14H19FN2. The van der Waals surface area contributed by atoms with Crippen LogP contribution < -0.4 is 5.32 Å². The lowest BCUT2D eigenvalue weighted by atomic mass is 10.2. The predicted octanol–water partition coefficient (Wildman–Crippen LogP) is 3.30. The SMILES string of the molecule is CCn1c(CNC(C)C)cc2c(F)cccc21. The first-order chi connectivity index (χ1) is 8.13. The first-order valence-corrected chi connectivity index (χ1v) is 6.13. The van der Waals surface area contributed by atoms with E-state index < -0.39 is 0 Å². The number of halogens is 1. The third kappa shape index (κ3) is 2.34. The van der Waals surface area contributed by atoms with Crippen LogP contribution in [0.15, 0.2) is 24.3 Å². The molecule has 0 atom stereocenters. The zero-order valence-electron chi connectivity index (χ0n) is 10.6. The maximum Gasteiger partial charge on any atom is 0.132 e. The lowest BCUT2D eigenvalue weighted by Crippen LogP contribution is -2.23. The zero-order chi connectivity index (χ0) is 12.4. The molecular weight excluding hydrogens is 215 g/mol. The van der Waals surface area contributed by atoms with E-state index in [4.69, 9.17) is 0 Å². The van der Waals surface area contributed by atoms with Gasteiger partial charge in [-0.15, -0.1) is 0 Å². The van der Waals surface area contributed by atoms with Gasteiger partial charge in [-0.05, 0) is 25.1 Å². The van der Waals surface area contributed by atoms with Crippen molar-refractivity contribution in [2.24, 2.45) is 0 Å². The molecule has 2 aromatic rings. The van der Waals surface area contributed by atoms with E-state index in [1.165, 1.54) is 6.07 Å². The minimum atomic E-state index is -0.138. The molecule has 0 spiro atoms. The number of hydrogen-bond acceptors (Lipinski definition) is 1. The van der Waals surface area contributed by atoms with E-state index in [1.54, 1.807) is 6.07 Å². The molecule has 1 aromatic heterocycles. The average Bonchev–Trinajstić information content (AvgIpc) is 2.65. The van der Waals surface area contributed by atoms with Crippen LogP contribution in [0.5, 0.6) is 0 Å². The van der Waals surface area contributed by atoms with E-state index in [0.29, 0.717) is 6.04 Å². The van der Waals surface area contributed by atoms with Gasteiger partial charge >= 0.3 is 0 Å². The standard InChI is InChI=1S/C14H19FN2/c1-4-17-11(9-16-10(2)3)8-12-13(15)6-5-7-14(12)17/h5-8,10,16H,4,9H2,1-3H3. The second-order valence-corrected chi connectivity index (χ2v) is 4.59. The van der Waals surface area contributed by atoms with Gasteiger partial charge in [0.05, 0.1) is 5.52 Å². The lowest BCUT2D eigenvalue weighted by molar-refractivity contribution is 0.564. The van der Waals surface area contributed by atoms with E-state index >= 15 is 0 Å². The molecule has 2 rings (SSSR count). The summed E-state index contributed by atoms with van der Waals surface area (Å²) >= 11 is 0. The molecule has 0 aliphatic heterocycles. The molecule has 0 unspecified atom stereocenters. The Kier molecular flexibility index (Phi) is 3.48. The molecule has 1 heterocycles. The zero-order valence-corrected chi connectivity index (χ0v) is 10.6. The van der Waals surface area contributed by atoms with Crippen LogP contribution in [-0.4, -0.2) is 10.6 Å². The van der Waals surface area contributed by atoms with Gasteiger partial charge in [0.25, 0.3) is 0 Å². The Labute approximate surface area is 101 Å². The molecule has 0 amide bonds. The van der Waals surface area contributed by atoms with Gasteiger partial charge in [-0.2, -0.15) is 0 Å². The van der Waals surface area contributed by atoms with Crippen molar-refractivity contribution in [1.29, 1.82) is 0 Å². The fraction of sp³-hybridized carbons (Fsp3) is 0.429. The Hall–Kier alpha value is -1.35. The summed E-state index contributed by atoms with van der Waals surface area (Å²) in [7, 11) is 0. The molecule has 0 saturated carbocycles. The van der Waals surface area contributed by atoms with E-state index in [9.17, 15) is 4.39 Å². The molecule has 0 aliphatic rings. The topological polar surface area (TPSA) is 17.0 Å². The average molecular weight is 234 g/mol. The van der Waals surface area contributed by atoms with Crippen molar-refractivity contribution in [3.8, 4) is 0 Å². The highest BCUT2D eigenvalue weighted by Gasteiger charge is 2.10. The summed E-state index contributed by atoms with van der Waals surface area (Å²) in [4.78, 5) is 0. The van der Waals surface area contributed by atoms with Crippen LogP contribution in [0.3, 0.4) is 0 Å². The molecule has 2 nitrogen and oxygen atoms in total. The third-order valence-electron chi connectivity index (χ3n) is 2.99. The van der Waals surface area contributed by atoms with Crippen molar-refractivity contribution < 1.29 is 4.39 Å². The van der Waals surface area contributed by atoms with Gasteiger partial charge in [-0.25, -0.2) is 4.39 Å². The van der Waals surface area contributed by atoms with Crippen molar-refractivity contribution in [2.75, 3.05) is 0 Å². The second-order valence-electron chi connectivity index (χ2n) is 4.59. The number of rotatable bonds is 4. The van der Waals surface area contributed by atoms with Crippen molar-refractivity contribution in [2.45, 2.75) is 39.9 Å². The number of nitrogens with one attached hydrogen (secondary N) is 1. The molecule has 0 saturated heterocycles. The van der Waals surface area contributed by atoms with E-state index in [1.807, 2.05) is 12.1 Å². The van der Waals surface area contributed by atoms with Crippen LogP contribution in [0.2, 0.25) is 0 Å². The van der Waals surface area contributed by atoms with Crippen LogP contribution >= 0.6 is 0 Å². The fourth-order valence-electron chi connectivity index (χ4n) is 2.13. The Morgan fingerprint density at radius 3 is 2.76 bits per heavy atom. The lowest BCUT2D eigenvalue weighted by Gasteiger charge is -2.11. The molecule has 0 aliphatic carbocycles. The van der Waals surface area contributed by atoms with Crippen LogP contribution in [0.4, 0.5) is 4.39 Å². The Morgan fingerprint density at radius 2 is 2.12 bits per heavy atom. The Morgan fingerprint density at radius 1 is 1.35 bits per heavy atom. The highest BCUT2D eigenvalue weighted by molar-refractivity contribution is 5.82. The summed E-state index contributed by atoms with van der Waals surface area (Å²) in [5.74, 6) is -0.138. The van der Waals surface area contributed by atoms with Crippen molar-refractivity contribution in [3.63, 3.8) is 0 Å². The minimum Gasteiger partial charge on any atom is -0.344 e. The predicted molar refractivity (Wildman–Crippen MR) is 69.5 cm³/mol. The largest absolute Gasteiger partial charge is 0.344 e. The maximum absolute atomic E-state index is 13.7. The van der Waals surface area contributed by atoms with E-state index in [-0.39, 0.29) is 5.82 Å². The number of nitrogens with zero attached hydrogens (tertiary/aromatic N) is 1. The number of aryl methyl sites for hydroxylation is 1. The number of fused-ring (bicyclic) bond motifs is 1. The molecule has 0 radical (unpaired) electrons. The highest BCUT2D eigenvalue weighted by Crippen LogP contribution is 2.22. The quantitative estimate of drug-likeness (QED) is 0.859. The van der Waals surface area contributed by atoms with Crippen molar-refractivity contribution >= 4 is 10.9 Å². The van der Waals surface area contributed by atoms with E-state index in [0.717, 1.165) is 29.7 Å². The first-order valence-electron chi connectivity index (χ1n) is 6.13. The maximum atomic E-state index is 13.7. The molecule has 0 fully saturated rings. The van der Waals surface area contributed by atoms with Crippen LogP contribution in [0.1, 0.15) is 26.5 Å². The molecule has 1 aromatic carbocycles. The first kappa shape index (κ1) is 12.1. The van der Waals surface area contributed by atoms with Crippen LogP contribution in [-0.2, 0) is 13.1 Å². The van der Waals surface area contributed by atoms with Crippen LogP contribution in [0, 0.1) is 5.82 Å². The molecule has 3 heteroatoms. The van der Waals surface area contributed by atoms with E-state index in [2.05, 4.69) is 30.7 Å². The van der Waals surface area contributed by atoms with Gasteiger partial charge in [0, 0.05) is 30.2 Å². The Bertz CT molecular complexity index is 514. The molecule has 92 valence electrons. The van der Waals surface area contributed by atoms with Gasteiger partial charge < -0.3 is 9.88 Å². The fourth-order valence-corrected chi connectivity index (χ4v) is 2.13. The Balaban J connectivity index is 2.44. The van der Waals surface area contributed by atoms with Crippen molar-refractivity contribution in [1.82, 2.24) is 9.88 Å². The molecule has 0 bridgehead atoms. The number of hydrogen-bond donors (Lipinski definition) is 1. The second kappa shape index (κ2) is 4.88. The number of benzene rings is 1. The third-order valence-corrected chi connectivity index (χ3v) is 2.99. The summed E-state index contributed by atoms with van der Waals surface area (Å²) < 4.78 is 15.8. The number of aromatic nitrogens is 1. The summed E-state index contributed by atoms with van der Waals surface area (Å²) in [6.45, 7) is 7.95. The molecule has 1 N–H and O–H groups in total. The highest BCUT2D eigenvalue weighted by atomic mass is 19.1. The smallest absolute Gasteiger partial charge is 0.132 e. The summed E-state index contributed by atoms with van der Waals surface area (Å²) in [5, 5.41) is 4.09.